The van der Waals surface area contributed by atoms with Gasteiger partial charge in [0.25, 0.3) is 5.91 Å². The average molecular weight is 326 g/mol. The number of carbonyl (C=O) groups excluding carboxylic acids is 1. The van der Waals surface area contributed by atoms with Crippen molar-refractivity contribution in [3.05, 3.63) is 48.3 Å². The molecule has 0 aliphatic heterocycles. The number of methoxy groups -OCH3 is 1. The first-order valence-electron chi connectivity index (χ1n) is 8.11. The summed E-state index contributed by atoms with van der Waals surface area (Å²) in [6, 6.07) is 6.09. The quantitative estimate of drug-likeness (QED) is 0.766. The minimum atomic E-state index is -0.165. The van der Waals surface area contributed by atoms with Crippen LogP contribution in [0.4, 0.5) is 5.69 Å². The maximum atomic E-state index is 12.4. The number of benzene rings is 1. The number of rotatable bonds is 6. The fourth-order valence-corrected chi connectivity index (χ4v) is 2.83. The monoisotopic (exact) mass is 326 g/mol. The van der Waals surface area contributed by atoms with Gasteiger partial charge in [-0.2, -0.15) is 0 Å². The van der Waals surface area contributed by atoms with Crippen molar-refractivity contribution in [2.75, 3.05) is 12.0 Å². The van der Waals surface area contributed by atoms with E-state index in [0.29, 0.717) is 12.6 Å². The molecule has 1 aromatic heterocycles. The van der Waals surface area contributed by atoms with E-state index >= 15 is 0 Å². The van der Waals surface area contributed by atoms with Gasteiger partial charge in [-0.25, -0.2) is 4.68 Å². The van der Waals surface area contributed by atoms with Gasteiger partial charge in [-0.05, 0) is 56.0 Å². The van der Waals surface area contributed by atoms with E-state index in [9.17, 15) is 4.79 Å². The van der Waals surface area contributed by atoms with Gasteiger partial charge < -0.3 is 9.64 Å². The number of aryl methyl sites for hydroxylation is 1. The molecule has 0 N–H and O–H groups in total. The van der Waals surface area contributed by atoms with E-state index in [-0.39, 0.29) is 5.91 Å². The van der Waals surface area contributed by atoms with Gasteiger partial charge in [-0.15, -0.1) is 5.10 Å². The number of carbonyl (C=O) groups is 1. The second kappa shape index (κ2) is 6.86. The molecule has 1 heterocycles. The minimum absolute atomic E-state index is 0.165. The summed E-state index contributed by atoms with van der Waals surface area (Å²) in [7, 11) is 1.62. The molecule has 1 aliphatic carbocycles. The maximum Gasteiger partial charge on any atom is 0.250 e. The van der Waals surface area contributed by atoms with Crippen molar-refractivity contribution in [1.82, 2.24) is 15.0 Å². The van der Waals surface area contributed by atoms with Gasteiger partial charge in [-0.3, -0.25) is 4.79 Å². The lowest BCUT2D eigenvalue weighted by atomic mass is 9.93. The second-order valence-electron chi connectivity index (χ2n) is 6.06. The van der Waals surface area contributed by atoms with E-state index in [0.717, 1.165) is 35.5 Å². The maximum absolute atomic E-state index is 12.4. The summed E-state index contributed by atoms with van der Waals surface area (Å²) in [5.41, 5.74) is 2.54. The van der Waals surface area contributed by atoms with Crippen molar-refractivity contribution in [2.45, 2.75) is 38.8 Å². The Balaban J connectivity index is 1.85. The molecule has 0 radical (unpaired) electrons. The van der Waals surface area contributed by atoms with Crippen LogP contribution in [0.15, 0.2) is 37.1 Å². The fourth-order valence-electron chi connectivity index (χ4n) is 2.83. The normalized spacial score (nSPS) is 14.1. The third-order valence-electron chi connectivity index (χ3n) is 4.46. The first kappa shape index (κ1) is 16.2. The van der Waals surface area contributed by atoms with Crippen LogP contribution in [-0.4, -0.2) is 28.0 Å². The molecule has 6 nitrogen and oxygen atoms in total. The summed E-state index contributed by atoms with van der Waals surface area (Å²) < 4.78 is 7.15. The van der Waals surface area contributed by atoms with E-state index in [1.807, 2.05) is 36.0 Å². The highest BCUT2D eigenvalue weighted by Gasteiger charge is 2.22. The Hall–Kier alpha value is -2.63. The Labute approximate surface area is 141 Å². The lowest BCUT2D eigenvalue weighted by Gasteiger charge is -2.25. The number of hydrogen-bond donors (Lipinski definition) is 0. The Morgan fingerprint density at radius 2 is 2.29 bits per heavy atom. The van der Waals surface area contributed by atoms with E-state index in [4.69, 9.17) is 4.74 Å². The highest BCUT2D eigenvalue weighted by molar-refractivity contribution is 6.01. The molecular weight excluding hydrogens is 304 g/mol. The van der Waals surface area contributed by atoms with Crippen LogP contribution in [0.5, 0.6) is 5.75 Å². The van der Waals surface area contributed by atoms with Crippen LogP contribution in [0.25, 0.3) is 0 Å². The number of amides is 1. The van der Waals surface area contributed by atoms with Gasteiger partial charge >= 0.3 is 0 Å². The van der Waals surface area contributed by atoms with Crippen LogP contribution >= 0.6 is 0 Å². The van der Waals surface area contributed by atoms with Crippen LogP contribution in [0, 0.1) is 6.92 Å². The molecule has 0 bridgehead atoms. The number of nitrogens with zero attached hydrogens (tertiary/aromatic N) is 4. The molecule has 1 aromatic carbocycles. The van der Waals surface area contributed by atoms with E-state index in [1.165, 1.54) is 12.5 Å². The molecule has 1 fully saturated rings. The van der Waals surface area contributed by atoms with Crippen molar-refractivity contribution >= 4 is 11.6 Å². The summed E-state index contributed by atoms with van der Waals surface area (Å²) in [4.78, 5) is 14.0. The molecule has 0 unspecified atom stereocenters. The largest absolute Gasteiger partial charge is 0.497 e. The molecule has 0 spiro atoms. The van der Waals surface area contributed by atoms with Crippen LogP contribution in [0.3, 0.4) is 0 Å². The second-order valence-corrected chi connectivity index (χ2v) is 6.06. The molecule has 0 saturated heterocycles. The van der Waals surface area contributed by atoms with E-state index in [1.54, 1.807) is 12.0 Å². The molecule has 3 rings (SSSR count). The van der Waals surface area contributed by atoms with Crippen LogP contribution in [-0.2, 0) is 11.3 Å². The Morgan fingerprint density at radius 3 is 2.88 bits per heavy atom. The Bertz CT molecular complexity index is 749. The molecule has 1 aliphatic rings. The predicted octanol–water partition coefficient (Wildman–Crippen LogP) is 3.04. The summed E-state index contributed by atoms with van der Waals surface area (Å²) >= 11 is 0. The van der Waals surface area contributed by atoms with Crippen molar-refractivity contribution in [2.24, 2.45) is 0 Å². The average Bonchev–Trinajstić information content (AvgIpc) is 2.98. The van der Waals surface area contributed by atoms with Crippen LogP contribution in [0.1, 0.15) is 36.6 Å². The summed E-state index contributed by atoms with van der Waals surface area (Å²) in [6.45, 7) is 5.93. The van der Waals surface area contributed by atoms with Crippen molar-refractivity contribution < 1.29 is 9.53 Å². The molecule has 6 heteroatoms. The van der Waals surface area contributed by atoms with Crippen molar-refractivity contribution in [3.8, 4) is 5.75 Å². The smallest absolute Gasteiger partial charge is 0.250 e. The van der Waals surface area contributed by atoms with Gasteiger partial charge in [0.05, 0.1) is 25.9 Å². The molecule has 24 heavy (non-hydrogen) atoms. The van der Waals surface area contributed by atoms with E-state index < -0.39 is 0 Å². The first-order valence-corrected chi connectivity index (χ1v) is 8.11. The first-order chi connectivity index (χ1) is 11.6. The third-order valence-corrected chi connectivity index (χ3v) is 4.46. The fraction of sp³-hybridized carbons (Fsp3) is 0.389. The van der Waals surface area contributed by atoms with Gasteiger partial charge in [0.1, 0.15) is 11.4 Å². The topological polar surface area (TPSA) is 60.2 Å². The highest BCUT2D eigenvalue weighted by atomic mass is 16.5. The lowest BCUT2D eigenvalue weighted by Crippen LogP contribution is -2.29. The van der Waals surface area contributed by atoms with Crippen LogP contribution in [0.2, 0.25) is 0 Å². The Kier molecular flexibility index (Phi) is 4.64. The number of anilines is 1. The lowest BCUT2D eigenvalue weighted by molar-refractivity contribution is -0.114. The van der Waals surface area contributed by atoms with Crippen molar-refractivity contribution in [3.63, 3.8) is 0 Å². The zero-order chi connectivity index (χ0) is 17.1. The molecule has 1 amide bonds. The van der Waals surface area contributed by atoms with Crippen LogP contribution < -0.4 is 9.64 Å². The number of ether oxygens (including phenoxy) is 1. The Morgan fingerprint density at radius 1 is 1.50 bits per heavy atom. The standard InChI is InChI=1S/C18H22N4O2/c1-4-18(23)21(17-9-8-16(24-3)10-13(17)2)11-14-12-22(20-19-14)15-6-5-7-15/h4,8-10,12,15H,1,5-7,11H2,2-3H3. The molecular formula is C18H22N4O2. The summed E-state index contributed by atoms with van der Waals surface area (Å²) in [5.74, 6) is 0.597. The predicted molar refractivity (Wildman–Crippen MR) is 92.0 cm³/mol. The van der Waals surface area contributed by atoms with Gasteiger partial charge in [0.15, 0.2) is 0 Å². The highest BCUT2D eigenvalue weighted by Crippen LogP contribution is 2.31. The molecule has 2 aromatic rings. The SMILES string of the molecule is C=CC(=O)N(Cc1cn(C2CCC2)nn1)c1ccc(OC)cc1C. The zero-order valence-corrected chi connectivity index (χ0v) is 14.1. The van der Waals surface area contributed by atoms with Gasteiger partial charge in [0, 0.05) is 5.69 Å². The van der Waals surface area contributed by atoms with E-state index in [2.05, 4.69) is 16.9 Å². The summed E-state index contributed by atoms with van der Waals surface area (Å²) in [5, 5.41) is 8.43. The number of hydrogen-bond acceptors (Lipinski definition) is 4. The van der Waals surface area contributed by atoms with Crippen molar-refractivity contribution in [1.29, 1.82) is 0 Å². The zero-order valence-electron chi connectivity index (χ0n) is 14.1. The van der Waals surface area contributed by atoms with Gasteiger partial charge in [0.2, 0.25) is 0 Å². The minimum Gasteiger partial charge on any atom is -0.497 e. The van der Waals surface area contributed by atoms with Gasteiger partial charge in [-0.1, -0.05) is 11.8 Å². The molecule has 0 atom stereocenters. The molecule has 126 valence electrons. The number of aromatic nitrogens is 3. The third kappa shape index (κ3) is 3.18. The molecule has 1 saturated carbocycles. The summed E-state index contributed by atoms with van der Waals surface area (Å²) in [6.07, 6.45) is 6.80.